The van der Waals surface area contributed by atoms with Gasteiger partial charge in [0.05, 0.1) is 5.75 Å². The van der Waals surface area contributed by atoms with E-state index in [-0.39, 0.29) is 5.78 Å². The van der Waals surface area contributed by atoms with Crippen molar-refractivity contribution in [2.24, 2.45) is 0 Å². The van der Waals surface area contributed by atoms with Crippen molar-refractivity contribution < 1.29 is 4.79 Å². The number of rotatable bonds is 4. The Labute approximate surface area is 119 Å². The van der Waals surface area contributed by atoms with Crippen LogP contribution in [0.3, 0.4) is 0 Å². The highest BCUT2D eigenvalue weighted by Gasteiger charge is 2.06. The van der Waals surface area contributed by atoms with E-state index in [9.17, 15) is 4.79 Å². The second-order valence-electron chi connectivity index (χ2n) is 3.85. The van der Waals surface area contributed by atoms with Crippen molar-refractivity contribution in [1.82, 2.24) is 4.98 Å². The molecule has 0 aliphatic heterocycles. The summed E-state index contributed by atoms with van der Waals surface area (Å²) >= 11 is 4.92. The lowest BCUT2D eigenvalue weighted by molar-refractivity contribution is 0.102. The number of hydrogen-bond donors (Lipinski definition) is 0. The van der Waals surface area contributed by atoms with Crippen molar-refractivity contribution in [3.05, 3.63) is 58.3 Å². The molecule has 1 heterocycles. The minimum absolute atomic E-state index is 0.107. The van der Waals surface area contributed by atoms with E-state index in [1.807, 2.05) is 43.3 Å². The number of nitrogens with zero attached hydrogens (tertiary/aromatic N) is 1. The lowest BCUT2D eigenvalue weighted by Crippen LogP contribution is -2.03. The number of ketones is 1. The number of hydrogen-bond acceptors (Lipinski definition) is 3. The van der Waals surface area contributed by atoms with E-state index in [1.165, 1.54) is 11.8 Å². The van der Waals surface area contributed by atoms with Crippen molar-refractivity contribution in [3.63, 3.8) is 0 Å². The van der Waals surface area contributed by atoms with Crippen LogP contribution in [0.5, 0.6) is 0 Å². The predicted molar refractivity (Wildman–Crippen MR) is 78.2 cm³/mol. The molecule has 0 bridgehead atoms. The molecule has 2 rings (SSSR count). The Morgan fingerprint density at radius 2 is 1.94 bits per heavy atom. The number of carbonyl (C=O) groups excluding carboxylic acids is 1. The molecule has 0 radical (unpaired) electrons. The van der Waals surface area contributed by atoms with Crippen LogP contribution in [0.2, 0.25) is 0 Å². The Balaban J connectivity index is 1.96. The first-order valence-corrected chi connectivity index (χ1v) is 7.27. The first-order valence-electron chi connectivity index (χ1n) is 5.49. The summed E-state index contributed by atoms with van der Waals surface area (Å²) in [6.45, 7) is 1.91. The van der Waals surface area contributed by atoms with Gasteiger partial charge in [0.15, 0.2) is 5.78 Å². The van der Waals surface area contributed by atoms with Gasteiger partial charge in [0, 0.05) is 26.8 Å². The average Bonchev–Trinajstić information content (AvgIpc) is 2.38. The average molecular weight is 322 g/mol. The summed E-state index contributed by atoms with van der Waals surface area (Å²) < 4.78 is 1.04. The molecular weight excluding hydrogens is 310 g/mol. The van der Waals surface area contributed by atoms with Crippen LogP contribution >= 0.6 is 27.7 Å². The predicted octanol–water partition coefficient (Wildman–Crippen LogP) is 4.13. The lowest BCUT2D eigenvalue weighted by atomic mass is 10.2. The summed E-state index contributed by atoms with van der Waals surface area (Å²) in [7, 11) is 0. The van der Waals surface area contributed by atoms with E-state index in [0.717, 1.165) is 15.1 Å². The van der Waals surface area contributed by atoms with Crippen LogP contribution in [0.15, 0.2) is 52.0 Å². The Morgan fingerprint density at radius 3 is 2.56 bits per heavy atom. The number of benzene rings is 1. The number of pyridine rings is 1. The Kier molecular flexibility index (Phi) is 4.55. The van der Waals surface area contributed by atoms with Crippen LogP contribution in [-0.4, -0.2) is 16.5 Å². The molecule has 0 aliphatic carbocycles. The second-order valence-corrected chi connectivity index (χ2v) is 5.82. The molecule has 92 valence electrons. The van der Waals surface area contributed by atoms with Crippen LogP contribution in [0.4, 0.5) is 0 Å². The van der Waals surface area contributed by atoms with Crippen molar-refractivity contribution in [2.75, 3.05) is 5.75 Å². The molecule has 0 atom stereocenters. The van der Waals surface area contributed by atoms with Gasteiger partial charge in [0.25, 0.3) is 0 Å². The normalized spacial score (nSPS) is 10.3. The van der Waals surface area contributed by atoms with Gasteiger partial charge in [-0.1, -0.05) is 15.9 Å². The molecule has 0 saturated carbocycles. The Bertz CT molecular complexity index is 537. The molecular formula is C14H12BrNOS. The van der Waals surface area contributed by atoms with Crippen LogP contribution in [-0.2, 0) is 0 Å². The van der Waals surface area contributed by atoms with Crippen molar-refractivity contribution in [3.8, 4) is 0 Å². The third-order valence-electron chi connectivity index (χ3n) is 2.42. The van der Waals surface area contributed by atoms with E-state index in [0.29, 0.717) is 11.3 Å². The van der Waals surface area contributed by atoms with Gasteiger partial charge < -0.3 is 0 Å². The quantitative estimate of drug-likeness (QED) is 0.626. The monoisotopic (exact) mass is 321 g/mol. The Hall–Kier alpha value is -1.13. The van der Waals surface area contributed by atoms with Crippen molar-refractivity contribution in [1.29, 1.82) is 0 Å². The van der Waals surface area contributed by atoms with Gasteiger partial charge >= 0.3 is 0 Å². The smallest absolute Gasteiger partial charge is 0.174 e. The fourth-order valence-corrected chi connectivity index (χ4v) is 2.45. The maximum atomic E-state index is 11.9. The van der Waals surface area contributed by atoms with Crippen LogP contribution in [0, 0.1) is 6.92 Å². The summed E-state index contributed by atoms with van der Waals surface area (Å²) in [6.07, 6.45) is 1.64. The minimum atomic E-state index is 0.107. The van der Waals surface area contributed by atoms with Crippen LogP contribution in [0.1, 0.15) is 16.1 Å². The molecule has 0 aliphatic rings. The number of halogens is 1. The molecule has 0 spiro atoms. The lowest BCUT2D eigenvalue weighted by Gasteiger charge is -2.02. The van der Waals surface area contributed by atoms with Gasteiger partial charge in [-0.15, -0.1) is 11.8 Å². The van der Waals surface area contributed by atoms with Crippen LogP contribution < -0.4 is 0 Å². The minimum Gasteiger partial charge on any atom is -0.293 e. The van der Waals surface area contributed by atoms with Gasteiger partial charge in [-0.05, 0) is 43.3 Å². The number of aryl methyl sites for hydroxylation is 1. The molecule has 0 saturated heterocycles. The SMILES string of the molecule is Cc1ccc(C(=O)CSc2ccc(Br)cc2)cn1. The first kappa shape index (κ1) is 13.3. The fraction of sp³-hybridized carbons (Fsp3) is 0.143. The molecule has 1 aromatic carbocycles. The molecule has 0 unspecified atom stereocenters. The van der Waals surface area contributed by atoms with E-state index in [1.54, 1.807) is 6.20 Å². The maximum absolute atomic E-state index is 11.9. The highest BCUT2D eigenvalue weighted by Crippen LogP contribution is 2.21. The van der Waals surface area contributed by atoms with Gasteiger partial charge in [0.2, 0.25) is 0 Å². The fourth-order valence-electron chi connectivity index (χ4n) is 1.40. The largest absolute Gasteiger partial charge is 0.293 e. The van der Waals surface area contributed by atoms with E-state index < -0.39 is 0 Å². The third-order valence-corrected chi connectivity index (χ3v) is 3.96. The molecule has 1 aromatic heterocycles. The second kappa shape index (κ2) is 6.16. The zero-order valence-electron chi connectivity index (χ0n) is 9.89. The van der Waals surface area contributed by atoms with E-state index >= 15 is 0 Å². The van der Waals surface area contributed by atoms with E-state index in [2.05, 4.69) is 20.9 Å². The zero-order valence-corrected chi connectivity index (χ0v) is 12.3. The summed E-state index contributed by atoms with van der Waals surface area (Å²) in [5.74, 6) is 0.544. The topological polar surface area (TPSA) is 30.0 Å². The molecule has 0 fully saturated rings. The molecule has 2 aromatic rings. The van der Waals surface area contributed by atoms with Gasteiger partial charge in [-0.25, -0.2) is 0 Å². The number of carbonyl (C=O) groups is 1. The summed E-state index contributed by atoms with van der Waals surface area (Å²) in [5, 5.41) is 0. The summed E-state index contributed by atoms with van der Waals surface area (Å²) in [6, 6.07) is 11.6. The first-order chi connectivity index (χ1) is 8.65. The number of aromatic nitrogens is 1. The van der Waals surface area contributed by atoms with Gasteiger partial charge in [-0.3, -0.25) is 9.78 Å². The van der Waals surface area contributed by atoms with E-state index in [4.69, 9.17) is 0 Å². The highest BCUT2D eigenvalue weighted by molar-refractivity contribution is 9.10. The Morgan fingerprint density at radius 1 is 1.22 bits per heavy atom. The van der Waals surface area contributed by atoms with Gasteiger partial charge in [-0.2, -0.15) is 0 Å². The van der Waals surface area contributed by atoms with Gasteiger partial charge in [0.1, 0.15) is 0 Å². The summed E-state index contributed by atoms with van der Waals surface area (Å²) in [4.78, 5) is 17.1. The highest BCUT2D eigenvalue weighted by atomic mass is 79.9. The molecule has 0 N–H and O–H groups in total. The molecule has 2 nitrogen and oxygen atoms in total. The number of Topliss-reactive ketones (excluding diaryl/α,β-unsaturated/α-hetero) is 1. The molecule has 0 amide bonds. The molecule has 4 heteroatoms. The molecule has 18 heavy (non-hydrogen) atoms. The maximum Gasteiger partial charge on any atom is 0.174 e. The standard InChI is InChI=1S/C14H12BrNOS/c1-10-2-3-11(8-16-10)14(17)9-18-13-6-4-12(15)5-7-13/h2-8H,9H2,1H3. The van der Waals surface area contributed by atoms with Crippen LogP contribution in [0.25, 0.3) is 0 Å². The van der Waals surface area contributed by atoms with Crippen molar-refractivity contribution in [2.45, 2.75) is 11.8 Å². The summed E-state index contributed by atoms with van der Waals surface area (Å²) in [5.41, 5.74) is 1.59. The zero-order chi connectivity index (χ0) is 13.0. The number of thioether (sulfide) groups is 1. The van der Waals surface area contributed by atoms with Crippen molar-refractivity contribution >= 4 is 33.5 Å². The third kappa shape index (κ3) is 3.68.